The molecule has 0 aliphatic carbocycles. The molecule has 0 aromatic rings. The number of aliphatic hydroxyl groups is 2. The zero-order chi connectivity index (χ0) is 10.6. The fourth-order valence-electron chi connectivity index (χ4n) is 1.49. The van der Waals surface area contributed by atoms with Crippen molar-refractivity contribution >= 4 is 0 Å². The number of rotatable bonds is 10. The largest absolute Gasteiger partial charge is 0.356 e. The second kappa shape index (κ2) is 11.0. The van der Waals surface area contributed by atoms with Gasteiger partial charge < -0.3 is 10.2 Å². The van der Waals surface area contributed by atoms with Crippen molar-refractivity contribution in [1.82, 2.24) is 5.32 Å². The molecule has 0 amide bonds. The van der Waals surface area contributed by atoms with Gasteiger partial charge >= 0.3 is 0 Å². The molecule has 3 nitrogen and oxygen atoms in total. The molecular formula is C11H25NO2. The Bertz CT molecular complexity index is 107. The molecule has 0 saturated heterocycles. The molecule has 0 rings (SSSR count). The van der Waals surface area contributed by atoms with Gasteiger partial charge in [0.25, 0.3) is 0 Å². The molecule has 0 heterocycles. The highest BCUT2D eigenvalue weighted by molar-refractivity contribution is 4.48. The summed E-state index contributed by atoms with van der Waals surface area (Å²) < 4.78 is 0. The highest BCUT2D eigenvalue weighted by atomic mass is 16.5. The van der Waals surface area contributed by atoms with Crippen LogP contribution in [0.15, 0.2) is 0 Å². The smallest absolute Gasteiger partial charge is 0.210 e. The van der Waals surface area contributed by atoms with Gasteiger partial charge in [0, 0.05) is 0 Å². The van der Waals surface area contributed by atoms with Gasteiger partial charge in [-0.25, -0.2) is 0 Å². The summed E-state index contributed by atoms with van der Waals surface area (Å²) in [5, 5.41) is 19.6. The maximum absolute atomic E-state index is 8.50. The number of nitrogens with one attached hydrogen (secondary N) is 1. The minimum atomic E-state index is -1.35. The van der Waals surface area contributed by atoms with E-state index in [2.05, 4.69) is 12.2 Å². The van der Waals surface area contributed by atoms with Crippen molar-refractivity contribution in [1.29, 1.82) is 0 Å². The van der Waals surface area contributed by atoms with E-state index >= 15 is 0 Å². The standard InChI is InChI=1S/C11H25NO2/c1-2-3-4-5-6-7-8-9-10-12-11(13)14/h11-14H,2-10H2,1H3. The van der Waals surface area contributed by atoms with Crippen molar-refractivity contribution in [2.75, 3.05) is 6.54 Å². The Labute approximate surface area is 87.5 Å². The zero-order valence-corrected chi connectivity index (χ0v) is 9.34. The summed E-state index contributed by atoms with van der Waals surface area (Å²) in [6.45, 7) is 2.93. The average molecular weight is 203 g/mol. The first-order valence-corrected chi connectivity index (χ1v) is 5.87. The zero-order valence-electron chi connectivity index (χ0n) is 9.34. The molecule has 0 fully saturated rings. The Morgan fingerprint density at radius 1 is 0.857 bits per heavy atom. The first-order chi connectivity index (χ1) is 6.77. The Kier molecular flexibility index (Phi) is 10.9. The molecule has 0 aliphatic heterocycles. The van der Waals surface area contributed by atoms with E-state index in [1.807, 2.05) is 0 Å². The SMILES string of the molecule is CCCCCCCCCCNC(O)O. The molecule has 0 spiro atoms. The van der Waals surface area contributed by atoms with E-state index in [1.54, 1.807) is 0 Å². The summed E-state index contributed by atoms with van der Waals surface area (Å²) in [6, 6.07) is 0. The topological polar surface area (TPSA) is 52.5 Å². The molecule has 0 aromatic carbocycles. The fraction of sp³-hybridized carbons (Fsp3) is 1.00. The predicted octanol–water partition coefficient (Wildman–Crippen LogP) is 1.98. The lowest BCUT2D eigenvalue weighted by molar-refractivity contribution is -0.0655. The summed E-state index contributed by atoms with van der Waals surface area (Å²) in [5.74, 6) is 0. The molecule has 0 radical (unpaired) electrons. The third kappa shape index (κ3) is 11.9. The Morgan fingerprint density at radius 3 is 1.86 bits per heavy atom. The van der Waals surface area contributed by atoms with Crippen LogP contribution in [-0.2, 0) is 0 Å². The average Bonchev–Trinajstić information content (AvgIpc) is 2.15. The molecule has 0 aromatic heterocycles. The van der Waals surface area contributed by atoms with E-state index in [0.29, 0.717) is 6.54 Å². The van der Waals surface area contributed by atoms with Gasteiger partial charge in [0.05, 0.1) is 0 Å². The number of aliphatic hydroxyl groups excluding tert-OH is 1. The molecular weight excluding hydrogens is 178 g/mol. The van der Waals surface area contributed by atoms with Crippen LogP contribution in [0.4, 0.5) is 0 Å². The van der Waals surface area contributed by atoms with Crippen LogP contribution in [0, 0.1) is 0 Å². The van der Waals surface area contributed by atoms with Crippen molar-refractivity contribution in [3.8, 4) is 0 Å². The first-order valence-electron chi connectivity index (χ1n) is 5.87. The van der Waals surface area contributed by atoms with Gasteiger partial charge in [0.15, 0.2) is 0 Å². The van der Waals surface area contributed by atoms with Crippen molar-refractivity contribution in [3.05, 3.63) is 0 Å². The quantitative estimate of drug-likeness (QED) is 0.376. The van der Waals surface area contributed by atoms with Crippen molar-refractivity contribution in [2.24, 2.45) is 0 Å². The van der Waals surface area contributed by atoms with Crippen LogP contribution in [-0.4, -0.2) is 23.2 Å². The van der Waals surface area contributed by atoms with Gasteiger partial charge in [-0.3, -0.25) is 5.32 Å². The van der Waals surface area contributed by atoms with Crippen LogP contribution in [0.25, 0.3) is 0 Å². The third-order valence-corrected chi connectivity index (χ3v) is 2.36. The molecule has 0 unspecified atom stereocenters. The van der Waals surface area contributed by atoms with Crippen molar-refractivity contribution in [3.63, 3.8) is 0 Å². The lowest BCUT2D eigenvalue weighted by Gasteiger charge is -2.05. The first kappa shape index (κ1) is 13.9. The maximum Gasteiger partial charge on any atom is 0.210 e. The molecule has 86 valence electrons. The fourth-order valence-corrected chi connectivity index (χ4v) is 1.49. The minimum Gasteiger partial charge on any atom is -0.356 e. The summed E-state index contributed by atoms with van der Waals surface area (Å²) in [7, 11) is 0. The predicted molar refractivity (Wildman–Crippen MR) is 58.8 cm³/mol. The van der Waals surface area contributed by atoms with Crippen LogP contribution < -0.4 is 5.32 Å². The molecule has 3 N–H and O–H groups in total. The van der Waals surface area contributed by atoms with Crippen LogP contribution in [0.3, 0.4) is 0 Å². The van der Waals surface area contributed by atoms with Gasteiger partial charge in [-0.05, 0) is 13.0 Å². The number of hydrogen-bond acceptors (Lipinski definition) is 3. The van der Waals surface area contributed by atoms with E-state index in [4.69, 9.17) is 10.2 Å². The van der Waals surface area contributed by atoms with E-state index in [9.17, 15) is 0 Å². The summed E-state index contributed by atoms with van der Waals surface area (Å²) in [5.41, 5.74) is 0. The molecule has 3 heteroatoms. The Balaban J connectivity index is 2.85. The van der Waals surface area contributed by atoms with Gasteiger partial charge in [0.1, 0.15) is 0 Å². The molecule has 0 saturated carbocycles. The summed E-state index contributed by atoms with van der Waals surface area (Å²) in [6.07, 6.45) is 8.84. The summed E-state index contributed by atoms with van der Waals surface area (Å²) >= 11 is 0. The number of unbranched alkanes of at least 4 members (excludes halogenated alkanes) is 7. The van der Waals surface area contributed by atoms with E-state index in [1.165, 1.54) is 44.9 Å². The second-order valence-corrected chi connectivity index (χ2v) is 3.80. The van der Waals surface area contributed by atoms with E-state index < -0.39 is 6.41 Å². The lowest BCUT2D eigenvalue weighted by Crippen LogP contribution is -2.28. The van der Waals surface area contributed by atoms with E-state index in [-0.39, 0.29) is 0 Å². The molecule has 0 bridgehead atoms. The van der Waals surface area contributed by atoms with Crippen LogP contribution in [0.5, 0.6) is 0 Å². The maximum atomic E-state index is 8.50. The monoisotopic (exact) mass is 203 g/mol. The third-order valence-electron chi connectivity index (χ3n) is 2.36. The van der Waals surface area contributed by atoms with Gasteiger partial charge in [0.2, 0.25) is 6.41 Å². The van der Waals surface area contributed by atoms with Crippen LogP contribution in [0.1, 0.15) is 58.3 Å². The highest BCUT2D eigenvalue weighted by Crippen LogP contribution is 2.07. The molecule has 0 aliphatic rings. The minimum absolute atomic E-state index is 0.701. The van der Waals surface area contributed by atoms with Gasteiger partial charge in [-0.2, -0.15) is 0 Å². The van der Waals surface area contributed by atoms with Crippen LogP contribution in [0.2, 0.25) is 0 Å². The summed E-state index contributed by atoms with van der Waals surface area (Å²) in [4.78, 5) is 0. The molecule has 0 atom stereocenters. The highest BCUT2D eigenvalue weighted by Gasteiger charge is 1.94. The Morgan fingerprint density at radius 2 is 1.36 bits per heavy atom. The normalized spacial score (nSPS) is 11.1. The Hall–Kier alpha value is -0.120. The van der Waals surface area contributed by atoms with Crippen molar-refractivity contribution < 1.29 is 10.2 Å². The van der Waals surface area contributed by atoms with Gasteiger partial charge in [-0.1, -0.05) is 51.9 Å². The van der Waals surface area contributed by atoms with Crippen molar-refractivity contribution in [2.45, 2.75) is 64.7 Å². The lowest BCUT2D eigenvalue weighted by atomic mass is 10.1. The molecule has 14 heavy (non-hydrogen) atoms. The second-order valence-electron chi connectivity index (χ2n) is 3.80. The van der Waals surface area contributed by atoms with Gasteiger partial charge in [-0.15, -0.1) is 0 Å². The number of hydrogen-bond donors (Lipinski definition) is 3. The van der Waals surface area contributed by atoms with Crippen LogP contribution >= 0.6 is 0 Å². The van der Waals surface area contributed by atoms with E-state index in [0.717, 1.165) is 6.42 Å².